The Bertz CT molecular complexity index is 776. The molecule has 0 unspecified atom stereocenters. The molecular weight excluding hydrogens is 336 g/mol. The van der Waals surface area contributed by atoms with Crippen LogP contribution >= 0.6 is 11.6 Å². The minimum atomic E-state index is -0.236. The van der Waals surface area contributed by atoms with E-state index in [0.717, 1.165) is 0 Å². The van der Waals surface area contributed by atoms with Crippen molar-refractivity contribution in [1.82, 2.24) is 24.7 Å². The average molecular weight is 355 g/mol. The Morgan fingerprint density at radius 3 is 2.92 bits per heavy atom. The monoisotopic (exact) mass is 354 g/mol. The van der Waals surface area contributed by atoms with Crippen LogP contribution in [0.2, 0.25) is 5.02 Å². The summed E-state index contributed by atoms with van der Waals surface area (Å²) in [5.41, 5.74) is -0.236. The molecule has 1 aliphatic rings. The van der Waals surface area contributed by atoms with Gasteiger partial charge in [-0.3, -0.25) is 4.57 Å². The van der Waals surface area contributed by atoms with Crippen LogP contribution in [0.1, 0.15) is 25.2 Å². The third-order valence-corrected chi connectivity index (χ3v) is 4.42. The molecule has 0 aliphatic carbocycles. The molecular formula is C14H19ClN6O3. The van der Waals surface area contributed by atoms with Crippen LogP contribution in [0.4, 0.5) is 5.82 Å². The predicted molar refractivity (Wildman–Crippen MR) is 87.6 cm³/mol. The summed E-state index contributed by atoms with van der Waals surface area (Å²) < 4.78 is 12.2. The zero-order chi connectivity index (χ0) is 17.3. The lowest BCUT2D eigenvalue weighted by molar-refractivity contribution is 0.118. The molecule has 9 nitrogen and oxygen atoms in total. The number of nitrogens with zero attached hydrogens (tertiary/aromatic N) is 5. The summed E-state index contributed by atoms with van der Waals surface area (Å²) in [5.74, 6) is 1.17. The number of aromatic nitrogens is 5. The number of H-pyrrole nitrogens is 1. The van der Waals surface area contributed by atoms with E-state index < -0.39 is 0 Å². The van der Waals surface area contributed by atoms with E-state index >= 15 is 0 Å². The highest BCUT2D eigenvalue weighted by molar-refractivity contribution is 6.32. The summed E-state index contributed by atoms with van der Waals surface area (Å²) >= 11 is 6.30. The summed E-state index contributed by atoms with van der Waals surface area (Å²) in [6.45, 7) is 2.99. The summed E-state index contributed by atoms with van der Waals surface area (Å²) in [4.78, 5) is 22.3. The fraction of sp³-hybridized carbons (Fsp3) is 0.571. The van der Waals surface area contributed by atoms with Crippen LogP contribution in [0.15, 0.2) is 11.0 Å². The first kappa shape index (κ1) is 16.7. The van der Waals surface area contributed by atoms with Crippen LogP contribution in [0.25, 0.3) is 0 Å². The molecule has 0 radical (unpaired) electrons. The summed E-state index contributed by atoms with van der Waals surface area (Å²) in [6, 6.07) is 0.0369. The Kier molecular flexibility index (Phi) is 4.72. The largest absolute Gasteiger partial charge is 0.467 e. The van der Waals surface area contributed by atoms with Crippen LogP contribution < -0.4 is 15.3 Å². The third kappa shape index (κ3) is 2.84. The van der Waals surface area contributed by atoms with E-state index in [1.165, 1.54) is 13.3 Å². The van der Waals surface area contributed by atoms with Gasteiger partial charge in [0.1, 0.15) is 5.02 Å². The molecule has 0 bridgehead atoms. The number of nitrogens with one attached hydrogen (secondary N) is 1. The third-order valence-electron chi connectivity index (χ3n) is 4.16. The number of methoxy groups -OCH3 is 2. The number of anilines is 1. The van der Waals surface area contributed by atoms with Gasteiger partial charge in [-0.15, -0.1) is 0 Å². The molecule has 0 aromatic carbocycles. The van der Waals surface area contributed by atoms with Crippen molar-refractivity contribution < 1.29 is 9.47 Å². The van der Waals surface area contributed by atoms with Crippen molar-refractivity contribution in [3.8, 4) is 6.01 Å². The maximum absolute atomic E-state index is 11.9. The highest BCUT2D eigenvalue weighted by Crippen LogP contribution is 2.38. The summed E-state index contributed by atoms with van der Waals surface area (Å²) in [7, 11) is 3.15. The van der Waals surface area contributed by atoms with Crippen molar-refractivity contribution >= 4 is 17.4 Å². The van der Waals surface area contributed by atoms with E-state index in [-0.39, 0.29) is 23.8 Å². The Labute approximate surface area is 143 Å². The Hall–Kier alpha value is -2.13. The van der Waals surface area contributed by atoms with Crippen molar-refractivity contribution in [2.24, 2.45) is 0 Å². The van der Waals surface area contributed by atoms with Gasteiger partial charge in [-0.25, -0.2) is 14.9 Å². The number of halogens is 1. The van der Waals surface area contributed by atoms with Gasteiger partial charge in [-0.1, -0.05) is 11.6 Å². The van der Waals surface area contributed by atoms with Crippen LogP contribution in [-0.4, -0.2) is 51.6 Å². The number of hydrogen-bond acceptors (Lipinski definition) is 7. The van der Waals surface area contributed by atoms with Gasteiger partial charge in [0.2, 0.25) is 0 Å². The number of aromatic amines is 1. The topological polar surface area (TPSA) is 98.2 Å². The Balaban J connectivity index is 2.05. The van der Waals surface area contributed by atoms with Crippen LogP contribution in [-0.2, 0) is 11.3 Å². The van der Waals surface area contributed by atoms with E-state index in [4.69, 9.17) is 21.1 Å². The van der Waals surface area contributed by atoms with E-state index in [0.29, 0.717) is 36.2 Å². The minimum absolute atomic E-state index is 0.0239. The van der Waals surface area contributed by atoms with Crippen molar-refractivity contribution in [2.45, 2.75) is 32.0 Å². The van der Waals surface area contributed by atoms with E-state index in [1.54, 1.807) is 11.7 Å². The molecule has 2 aromatic heterocycles. The standard InChI is InChI=1S/C14H19ClN6O3/c1-4-20-12(18-19-14(20)22)10-5-8(23-2)7-21(10)11-9(15)6-16-13(17-11)24-3/h6,8,10H,4-5,7H2,1-3H3,(H,19,22)/t8-,10-/m0/s1. The first-order chi connectivity index (χ1) is 11.6. The van der Waals surface area contributed by atoms with E-state index in [2.05, 4.69) is 20.2 Å². The first-order valence-electron chi connectivity index (χ1n) is 7.60. The van der Waals surface area contributed by atoms with Crippen molar-refractivity contribution in [2.75, 3.05) is 25.7 Å². The molecule has 0 saturated carbocycles. The zero-order valence-corrected chi connectivity index (χ0v) is 14.4. The van der Waals surface area contributed by atoms with E-state index in [9.17, 15) is 4.79 Å². The Morgan fingerprint density at radius 1 is 1.46 bits per heavy atom. The number of rotatable bonds is 5. The molecule has 0 amide bonds. The van der Waals surface area contributed by atoms with Crippen molar-refractivity contribution in [3.63, 3.8) is 0 Å². The van der Waals surface area contributed by atoms with Gasteiger partial charge in [0, 0.05) is 26.6 Å². The van der Waals surface area contributed by atoms with Crippen LogP contribution in [0, 0.1) is 0 Å². The van der Waals surface area contributed by atoms with Gasteiger partial charge >= 0.3 is 11.7 Å². The zero-order valence-electron chi connectivity index (χ0n) is 13.7. The second-order valence-electron chi connectivity index (χ2n) is 5.42. The molecule has 1 aliphatic heterocycles. The summed E-state index contributed by atoms with van der Waals surface area (Å²) in [5, 5.41) is 7.10. The normalized spacial score (nSPS) is 20.6. The second kappa shape index (κ2) is 6.78. The second-order valence-corrected chi connectivity index (χ2v) is 5.83. The highest BCUT2D eigenvalue weighted by Gasteiger charge is 2.38. The average Bonchev–Trinajstić information content (AvgIpc) is 3.18. The molecule has 0 spiro atoms. The van der Waals surface area contributed by atoms with Gasteiger partial charge in [0.05, 0.1) is 25.5 Å². The van der Waals surface area contributed by atoms with Crippen LogP contribution in [0.5, 0.6) is 6.01 Å². The molecule has 2 aromatic rings. The lowest BCUT2D eigenvalue weighted by atomic mass is 10.2. The van der Waals surface area contributed by atoms with Crippen LogP contribution in [0.3, 0.4) is 0 Å². The quantitative estimate of drug-likeness (QED) is 0.855. The van der Waals surface area contributed by atoms with Crippen molar-refractivity contribution in [3.05, 3.63) is 27.5 Å². The fourth-order valence-electron chi connectivity index (χ4n) is 2.98. The fourth-order valence-corrected chi connectivity index (χ4v) is 3.18. The van der Waals surface area contributed by atoms with E-state index in [1.807, 2.05) is 11.8 Å². The lowest BCUT2D eigenvalue weighted by Gasteiger charge is -2.25. The highest BCUT2D eigenvalue weighted by atomic mass is 35.5. The lowest BCUT2D eigenvalue weighted by Crippen LogP contribution is -2.29. The molecule has 1 fully saturated rings. The smallest absolute Gasteiger partial charge is 0.343 e. The molecule has 1 N–H and O–H groups in total. The molecule has 2 atom stereocenters. The maximum atomic E-state index is 11.9. The van der Waals surface area contributed by atoms with Gasteiger partial charge in [0.25, 0.3) is 0 Å². The van der Waals surface area contributed by atoms with Gasteiger partial charge < -0.3 is 14.4 Å². The number of hydrogen-bond donors (Lipinski definition) is 1. The maximum Gasteiger partial charge on any atom is 0.343 e. The van der Waals surface area contributed by atoms with Gasteiger partial charge in [0.15, 0.2) is 11.6 Å². The molecule has 3 rings (SSSR count). The van der Waals surface area contributed by atoms with Crippen molar-refractivity contribution in [1.29, 1.82) is 0 Å². The van der Waals surface area contributed by atoms with Gasteiger partial charge in [-0.05, 0) is 6.92 Å². The molecule has 10 heteroatoms. The minimum Gasteiger partial charge on any atom is -0.467 e. The molecule has 24 heavy (non-hydrogen) atoms. The first-order valence-corrected chi connectivity index (χ1v) is 7.97. The van der Waals surface area contributed by atoms with Gasteiger partial charge in [-0.2, -0.15) is 10.1 Å². The molecule has 130 valence electrons. The summed E-state index contributed by atoms with van der Waals surface area (Å²) in [6.07, 6.45) is 2.14. The molecule has 3 heterocycles. The predicted octanol–water partition coefficient (Wildman–Crippen LogP) is 1.01. The Morgan fingerprint density at radius 2 is 2.25 bits per heavy atom. The molecule has 1 saturated heterocycles. The number of ether oxygens (including phenoxy) is 2. The SMILES string of the molecule is CCn1c([C@@H]2C[C@H](OC)CN2c2nc(OC)ncc2Cl)n[nH]c1=O.